The number of sulfonamides is 1. The van der Waals surface area contributed by atoms with Crippen LogP contribution in [0.1, 0.15) is 55.5 Å². The van der Waals surface area contributed by atoms with E-state index in [-0.39, 0.29) is 28.3 Å². The summed E-state index contributed by atoms with van der Waals surface area (Å²) in [5, 5.41) is 3.22. The number of fused-ring (bicyclic) bond motifs is 2. The van der Waals surface area contributed by atoms with Crippen molar-refractivity contribution in [3.8, 4) is 5.75 Å². The Kier molecular flexibility index (Phi) is 9.54. The van der Waals surface area contributed by atoms with Crippen molar-refractivity contribution in [2.75, 3.05) is 20.2 Å². The van der Waals surface area contributed by atoms with E-state index in [9.17, 15) is 13.2 Å². The Balaban J connectivity index is 1.32. The first-order valence-electron chi connectivity index (χ1n) is 13.9. The van der Waals surface area contributed by atoms with Crippen LogP contribution in [0.15, 0.2) is 82.6 Å². The highest BCUT2D eigenvalue weighted by Gasteiger charge is 2.35. The van der Waals surface area contributed by atoms with Gasteiger partial charge in [-0.15, -0.1) is 0 Å². The summed E-state index contributed by atoms with van der Waals surface area (Å²) >= 11 is 7.62. The number of hydrogen-bond acceptors (Lipinski definition) is 8. The molecule has 9 nitrogen and oxygen atoms in total. The van der Waals surface area contributed by atoms with Gasteiger partial charge in [0.2, 0.25) is 15.9 Å². The van der Waals surface area contributed by atoms with Gasteiger partial charge in [0.05, 0.1) is 41.6 Å². The number of hydrogen-bond donors (Lipinski definition) is 3. The van der Waals surface area contributed by atoms with E-state index in [0.29, 0.717) is 30.2 Å². The number of nitrogens with one attached hydrogen (secondary N) is 3. The van der Waals surface area contributed by atoms with Crippen molar-refractivity contribution in [3.05, 3.63) is 99.3 Å². The summed E-state index contributed by atoms with van der Waals surface area (Å²) < 4.78 is 40.7. The summed E-state index contributed by atoms with van der Waals surface area (Å²) in [6.07, 6.45) is 5.35. The van der Waals surface area contributed by atoms with Gasteiger partial charge in [0.15, 0.2) is 0 Å². The fourth-order valence-corrected chi connectivity index (χ4v) is 8.03. The highest BCUT2D eigenvalue weighted by atomic mass is 35.5. The van der Waals surface area contributed by atoms with Gasteiger partial charge in [-0.25, -0.2) is 13.1 Å². The van der Waals surface area contributed by atoms with Crippen molar-refractivity contribution in [1.82, 2.24) is 24.0 Å². The SMILES string of the molecule is CC(C)CN(C)Cc1ccc2c(c1)OCCC2NC(=O)CC(NS(=O)(=O)C1=C(Cl)C=CN2SNC=C12)c1ccccc1. The van der Waals surface area contributed by atoms with E-state index in [4.69, 9.17) is 16.3 Å². The van der Waals surface area contributed by atoms with E-state index in [0.717, 1.165) is 30.0 Å². The summed E-state index contributed by atoms with van der Waals surface area (Å²) in [5.41, 5.74) is 3.17. The molecule has 0 aromatic heterocycles. The van der Waals surface area contributed by atoms with Crippen LogP contribution >= 0.6 is 23.7 Å². The average molecular weight is 630 g/mol. The maximum absolute atomic E-state index is 13.7. The zero-order valence-corrected chi connectivity index (χ0v) is 26.2. The molecule has 3 aliphatic rings. The topological polar surface area (TPSA) is 103 Å². The lowest BCUT2D eigenvalue weighted by atomic mass is 9.97. The lowest BCUT2D eigenvalue weighted by Crippen LogP contribution is -2.37. The predicted octanol–water partition coefficient (Wildman–Crippen LogP) is 5.05. The second kappa shape index (κ2) is 13.1. The Bertz CT molecular complexity index is 1510. The number of benzene rings is 2. The van der Waals surface area contributed by atoms with Gasteiger partial charge in [-0.1, -0.05) is 67.9 Å². The summed E-state index contributed by atoms with van der Waals surface area (Å²) in [6, 6.07) is 14.2. The van der Waals surface area contributed by atoms with Crippen LogP contribution in [0, 0.1) is 5.92 Å². The second-order valence-corrected chi connectivity index (χ2v) is 13.9. The molecule has 0 radical (unpaired) electrons. The Hall–Kier alpha value is -2.96. The summed E-state index contributed by atoms with van der Waals surface area (Å²) in [6.45, 7) is 6.68. The zero-order valence-electron chi connectivity index (χ0n) is 23.8. The Morgan fingerprint density at radius 3 is 2.79 bits per heavy atom. The van der Waals surface area contributed by atoms with Crippen LogP contribution in [0.25, 0.3) is 0 Å². The first-order valence-corrected chi connectivity index (χ1v) is 16.5. The van der Waals surface area contributed by atoms with Crippen molar-refractivity contribution >= 4 is 39.7 Å². The molecule has 0 saturated heterocycles. The maximum atomic E-state index is 13.7. The lowest BCUT2D eigenvalue weighted by molar-refractivity contribution is -0.122. The molecule has 0 fully saturated rings. The molecule has 0 saturated carbocycles. The molecule has 0 bridgehead atoms. The molecule has 12 heteroatoms. The van der Waals surface area contributed by atoms with E-state index in [1.54, 1.807) is 28.8 Å². The molecule has 1 amide bonds. The van der Waals surface area contributed by atoms with Gasteiger partial charge in [0.25, 0.3) is 0 Å². The highest BCUT2D eigenvalue weighted by Crippen LogP contribution is 2.38. The molecular weight excluding hydrogens is 594 g/mol. The molecule has 2 aromatic rings. The molecular formula is C30H36ClN5O4S2. The third kappa shape index (κ3) is 7.15. The standard InChI is InChI=1S/C30H36ClN5O4S2/c1-20(2)18-35(3)19-21-9-10-23-25(12-14-40-28(23)15-21)33-29(37)16-26(22-7-5-4-6-8-22)34-42(38,39)30-24(31)11-13-36-27(30)17-32-41-36/h4-11,13,15,17,20,25-26,32,34H,12,14,16,18-19H2,1-3H3,(H,33,37). The fraction of sp³-hybridized carbons (Fsp3) is 0.367. The molecule has 42 heavy (non-hydrogen) atoms. The first-order chi connectivity index (χ1) is 20.1. The lowest BCUT2D eigenvalue weighted by Gasteiger charge is -2.29. The minimum Gasteiger partial charge on any atom is -0.493 e. The van der Waals surface area contributed by atoms with Crippen LogP contribution in [0.3, 0.4) is 0 Å². The van der Waals surface area contributed by atoms with Gasteiger partial charge < -0.3 is 19.7 Å². The minimum atomic E-state index is -4.10. The smallest absolute Gasteiger partial charge is 0.244 e. The van der Waals surface area contributed by atoms with Crippen molar-refractivity contribution in [3.63, 3.8) is 0 Å². The number of rotatable bonds is 11. The highest BCUT2D eigenvalue weighted by molar-refractivity contribution is 7.96. The van der Waals surface area contributed by atoms with Gasteiger partial charge in [-0.3, -0.25) is 9.10 Å². The van der Waals surface area contributed by atoms with Crippen molar-refractivity contribution in [1.29, 1.82) is 0 Å². The molecule has 2 aromatic carbocycles. The number of amides is 1. The number of halogens is 1. The number of carbonyl (C=O) groups is 1. The molecule has 2 unspecified atom stereocenters. The van der Waals surface area contributed by atoms with Crippen molar-refractivity contribution in [2.45, 2.75) is 45.3 Å². The van der Waals surface area contributed by atoms with Gasteiger partial charge in [0, 0.05) is 43.9 Å². The molecule has 2 atom stereocenters. The largest absolute Gasteiger partial charge is 0.493 e. The molecule has 3 N–H and O–H groups in total. The quantitative estimate of drug-likeness (QED) is 0.297. The molecule has 224 valence electrons. The predicted molar refractivity (Wildman–Crippen MR) is 167 cm³/mol. The molecule has 3 heterocycles. The first kappa shape index (κ1) is 30.5. The number of nitrogens with zero attached hydrogens (tertiary/aromatic N) is 2. The third-order valence-corrected chi connectivity index (χ3v) is 9.86. The van der Waals surface area contributed by atoms with Gasteiger partial charge >= 0.3 is 0 Å². The minimum absolute atomic E-state index is 0.0429. The summed E-state index contributed by atoms with van der Waals surface area (Å²) in [5.74, 6) is 1.08. The van der Waals surface area contributed by atoms with Crippen molar-refractivity contribution in [2.24, 2.45) is 5.92 Å². The normalized spacial score (nSPS) is 18.8. The number of carbonyl (C=O) groups excluding carboxylic acids is 1. The maximum Gasteiger partial charge on any atom is 0.244 e. The zero-order chi connectivity index (χ0) is 29.9. The van der Waals surface area contributed by atoms with Crippen LogP contribution < -0.4 is 19.5 Å². The number of ether oxygens (including phenoxy) is 1. The van der Waals surface area contributed by atoms with Gasteiger partial charge in [-0.2, -0.15) is 0 Å². The summed E-state index contributed by atoms with van der Waals surface area (Å²) in [7, 11) is -2.00. The van der Waals surface area contributed by atoms with Crippen LogP contribution in [-0.4, -0.2) is 43.7 Å². The summed E-state index contributed by atoms with van der Waals surface area (Å²) in [4.78, 5) is 15.7. The Labute approximate surface area is 257 Å². The third-order valence-electron chi connectivity index (χ3n) is 7.13. The van der Waals surface area contributed by atoms with E-state index in [2.05, 4.69) is 52.7 Å². The van der Waals surface area contributed by atoms with Gasteiger partial charge in [0.1, 0.15) is 10.7 Å². The molecule has 0 spiro atoms. The van der Waals surface area contributed by atoms with Crippen LogP contribution in [-0.2, 0) is 21.4 Å². The van der Waals surface area contributed by atoms with Crippen LogP contribution in [0.2, 0.25) is 0 Å². The Morgan fingerprint density at radius 1 is 1.24 bits per heavy atom. The van der Waals surface area contributed by atoms with Gasteiger partial charge in [-0.05, 0) is 36.2 Å². The van der Waals surface area contributed by atoms with E-state index in [1.807, 2.05) is 24.3 Å². The Morgan fingerprint density at radius 2 is 2.02 bits per heavy atom. The van der Waals surface area contributed by atoms with E-state index in [1.165, 1.54) is 18.2 Å². The average Bonchev–Trinajstić information content (AvgIpc) is 3.41. The van der Waals surface area contributed by atoms with Crippen LogP contribution in [0.5, 0.6) is 5.75 Å². The monoisotopic (exact) mass is 629 g/mol. The van der Waals surface area contributed by atoms with E-state index >= 15 is 0 Å². The van der Waals surface area contributed by atoms with Crippen molar-refractivity contribution < 1.29 is 17.9 Å². The second-order valence-electron chi connectivity index (χ2n) is 11.1. The van der Waals surface area contributed by atoms with Crippen LogP contribution in [0.4, 0.5) is 0 Å². The number of allylic oxidation sites excluding steroid dienone is 2. The molecule has 5 rings (SSSR count). The fourth-order valence-electron chi connectivity index (χ4n) is 5.40. The van der Waals surface area contributed by atoms with E-state index < -0.39 is 16.1 Å². The molecule has 0 aliphatic carbocycles. The molecule has 3 aliphatic heterocycles.